The molecule has 0 saturated heterocycles. The van der Waals surface area contributed by atoms with Crippen molar-refractivity contribution in [2.24, 2.45) is 0 Å². The van der Waals surface area contributed by atoms with E-state index in [1.165, 1.54) is 11.8 Å². The highest BCUT2D eigenvalue weighted by atomic mass is 16.4. The maximum atomic E-state index is 12.8. The fourth-order valence-corrected chi connectivity index (χ4v) is 3.32. The van der Waals surface area contributed by atoms with E-state index in [0.29, 0.717) is 19.6 Å². The summed E-state index contributed by atoms with van der Waals surface area (Å²) in [5.41, 5.74) is 2.12. The molecule has 2 rings (SSSR count). The van der Waals surface area contributed by atoms with Gasteiger partial charge in [-0.1, -0.05) is 24.3 Å². The second-order valence-corrected chi connectivity index (χ2v) is 6.89. The van der Waals surface area contributed by atoms with Crippen LogP contribution in [0, 0.1) is 0 Å². The van der Waals surface area contributed by atoms with E-state index < -0.39 is 5.97 Å². The van der Waals surface area contributed by atoms with Crippen LogP contribution in [0.2, 0.25) is 0 Å². The first-order valence-electron chi connectivity index (χ1n) is 8.79. The minimum atomic E-state index is -1.04. The minimum Gasteiger partial charge on any atom is -0.480 e. The van der Waals surface area contributed by atoms with Gasteiger partial charge in [-0.2, -0.15) is 0 Å². The van der Waals surface area contributed by atoms with E-state index in [4.69, 9.17) is 5.11 Å². The van der Waals surface area contributed by atoms with Crippen LogP contribution < -0.4 is 0 Å². The molecule has 1 aliphatic heterocycles. The van der Waals surface area contributed by atoms with Gasteiger partial charge in [-0.25, -0.2) is 0 Å². The van der Waals surface area contributed by atoms with Crippen LogP contribution in [0.15, 0.2) is 24.3 Å². The molecule has 2 amide bonds. The summed E-state index contributed by atoms with van der Waals surface area (Å²) in [7, 11) is 3.75. The molecule has 26 heavy (non-hydrogen) atoms. The van der Waals surface area contributed by atoms with Gasteiger partial charge < -0.3 is 19.8 Å². The van der Waals surface area contributed by atoms with Crippen molar-refractivity contribution in [3.8, 4) is 0 Å². The lowest BCUT2D eigenvalue weighted by molar-refractivity contribution is -0.146. The summed E-state index contributed by atoms with van der Waals surface area (Å²) in [4.78, 5) is 41.0. The average Bonchev–Trinajstić information content (AvgIpc) is 2.58. The lowest BCUT2D eigenvalue weighted by Gasteiger charge is -2.37. The molecule has 0 aromatic heterocycles. The third-order valence-electron chi connectivity index (χ3n) is 4.68. The van der Waals surface area contributed by atoms with Gasteiger partial charge in [-0.3, -0.25) is 14.4 Å². The summed E-state index contributed by atoms with van der Waals surface area (Å²) in [6.07, 6.45) is 0.858. The number of amides is 2. The third kappa shape index (κ3) is 5.05. The molecule has 1 aromatic carbocycles. The van der Waals surface area contributed by atoms with Crippen LogP contribution in [0.3, 0.4) is 0 Å². The molecule has 142 valence electrons. The van der Waals surface area contributed by atoms with Gasteiger partial charge in [0, 0.05) is 26.6 Å². The molecule has 1 heterocycles. The standard InChI is InChI=1S/C19H27N3O4/c1-14(23)22-9-8-15-6-4-5-7-16(15)17(22)12-18(24)21(13-19(25)26)11-10-20(2)3/h4-7,17H,8-13H2,1-3H3,(H,25,26). The number of carbonyl (C=O) groups is 3. The molecule has 0 fully saturated rings. The lowest BCUT2D eigenvalue weighted by atomic mass is 9.90. The van der Waals surface area contributed by atoms with Crippen LogP contribution in [-0.2, 0) is 20.8 Å². The summed E-state index contributed by atoms with van der Waals surface area (Å²) >= 11 is 0. The van der Waals surface area contributed by atoms with Gasteiger partial charge in [0.2, 0.25) is 11.8 Å². The monoisotopic (exact) mass is 361 g/mol. The van der Waals surface area contributed by atoms with Crippen molar-refractivity contribution in [3.63, 3.8) is 0 Å². The van der Waals surface area contributed by atoms with Crippen molar-refractivity contribution < 1.29 is 19.5 Å². The van der Waals surface area contributed by atoms with E-state index >= 15 is 0 Å². The molecule has 1 N–H and O–H groups in total. The Bertz CT molecular complexity index is 675. The highest BCUT2D eigenvalue weighted by Crippen LogP contribution is 2.32. The molecule has 7 heteroatoms. The third-order valence-corrected chi connectivity index (χ3v) is 4.68. The molecule has 0 bridgehead atoms. The van der Waals surface area contributed by atoms with Gasteiger partial charge in [-0.05, 0) is 31.6 Å². The molecular formula is C19H27N3O4. The number of carboxylic acid groups (broad SMARTS) is 1. The normalized spacial score (nSPS) is 16.3. The zero-order valence-corrected chi connectivity index (χ0v) is 15.6. The largest absolute Gasteiger partial charge is 0.480 e. The molecular weight excluding hydrogens is 334 g/mol. The first kappa shape index (κ1) is 19.9. The molecule has 7 nitrogen and oxygen atoms in total. The first-order chi connectivity index (χ1) is 12.3. The van der Waals surface area contributed by atoms with Gasteiger partial charge in [0.15, 0.2) is 0 Å². The maximum Gasteiger partial charge on any atom is 0.323 e. The van der Waals surface area contributed by atoms with Gasteiger partial charge in [0.25, 0.3) is 0 Å². The maximum absolute atomic E-state index is 12.8. The van der Waals surface area contributed by atoms with Crippen LogP contribution in [0.1, 0.15) is 30.5 Å². The summed E-state index contributed by atoms with van der Waals surface area (Å²) in [5.74, 6) is -1.36. The van der Waals surface area contributed by atoms with Crippen molar-refractivity contribution >= 4 is 17.8 Å². The molecule has 1 aromatic rings. The number of aliphatic carboxylic acids is 1. The van der Waals surface area contributed by atoms with E-state index in [-0.39, 0.29) is 30.8 Å². The van der Waals surface area contributed by atoms with Gasteiger partial charge in [0.1, 0.15) is 6.54 Å². The van der Waals surface area contributed by atoms with Crippen molar-refractivity contribution in [1.82, 2.24) is 14.7 Å². The molecule has 0 aliphatic carbocycles. The van der Waals surface area contributed by atoms with Gasteiger partial charge in [0.05, 0.1) is 12.5 Å². The molecule has 1 unspecified atom stereocenters. The zero-order chi connectivity index (χ0) is 19.3. The fourth-order valence-electron chi connectivity index (χ4n) is 3.32. The summed E-state index contributed by atoms with van der Waals surface area (Å²) in [6, 6.07) is 7.48. The van der Waals surface area contributed by atoms with Crippen LogP contribution in [0.4, 0.5) is 0 Å². The van der Waals surface area contributed by atoms with E-state index in [1.807, 2.05) is 43.3 Å². The Morgan fingerprint density at radius 2 is 1.88 bits per heavy atom. The van der Waals surface area contributed by atoms with Crippen molar-refractivity contribution in [2.75, 3.05) is 40.3 Å². The Labute approximate surface area is 154 Å². The predicted molar refractivity (Wildman–Crippen MR) is 97.7 cm³/mol. The Balaban J connectivity index is 2.21. The van der Waals surface area contributed by atoms with Crippen LogP contribution in [0.25, 0.3) is 0 Å². The van der Waals surface area contributed by atoms with Gasteiger partial charge >= 0.3 is 5.97 Å². The number of nitrogens with zero attached hydrogens (tertiary/aromatic N) is 3. The van der Waals surface area contributed by atoms with Crippen LogP contribution in [-0.4, -0.2) is 77.9 Å². The Morgan fingerprint density at radius 1 is 1.19 bits per heavy atom. The zero-order valence-electron chi connectivity index (χ0n) is 15.6. The highest BCUT2D eigenvalue weighted by molar-refractivity contribution is 5.83. The molecule has 0 spiro atoms. The Hall–Kier alpha value is -2.41. The smallest absolute Gasteiger partial charge is 0.323 e. The number of hydrogen-bond donors (Lipinski definition) is 1. The topological polar surface area (TPSA) is 81.2 Å². The summed E-state index contributed by atoms with van der Waals surface area (Å²) in [6.45, 7) is 2.66. The van der Waals surface area contributed by atoms with Crippen molar-refractivity contribution in [1.29, 1.82) is 0 Å². The molecule has 1 aliphatic rings. The number of carboxylic acids is 1. The van der Waals surface area contributed by atoms with Crippen LogP contribution >= 0.6 is 0 Å². The van der Waals surface area contributed by atoms with Gasteiger partial charge in [-0.15, -0.1) is 0 Å². The number of benzene rings is 1. The predicted octanol–water partition coefficient (Wildman–Crippen LogP) is 0.997. The lowest BCUT2D eigenvalue weighted by Crippen LogP contribution is -2.44. The second-order valence-electron chi connectivity index (χ2n) is 6.89. The number of rotatable bonds is 7. The quantitative estimate of drug-likeness (QED) is 0.784. The number of fused-ring (bicyclic) bond motifs is 1. The van der Waals surface area contributed by atoms with E-state index in [9.17, 15) is 14.4 Å². The number of carbonyl (C=O) groups excluding carboxylic acids is 2. The number of hydrogen-bond acceptors (Lipinski definition) is 4. The van der Waals surface area contributed by atoms with Crippen molar-refractivity contribution in [2.45, 2.75) is 25.8 Å². The molecule has 0 radical (unpaired) electrons. The Kier molecular flexibility index (Phi) is 6.74. The van der Waals surface area contributed by atoms with E-state index in [2.05, 4.69) is 0 Å². The van der Waals surface area contributed by atoms with Crippen molar-refractivity contribution in [3.05, 3.63) is 35.4 Å². The Morgan fingerprint density at radius 3 is 2.50 bits per heavy atom. The first-order valence-corrected chi connectivity index (χ1v) is 8.79. The van der Waals surface area contributed by atoms with Crippen LogP contribution in [0.5, 0.6) is 0 Å². The number of likely N-dealkylation sites (N-methyl/N-ethyl adjacent to an activating group) is 1. The fraction of sp³-hybridized carbons (Fsp3) is 0.526. The van der Waals surface area contributed by atoms with E-state index in [0.717, 1.165) is 17.5 Å². The average molecular weight is 361 g/mol. The highest BCUT2D eigenvalue weighted by Gasteiger charge is 2.32. The molecule has 1 atom stereocenters. The minimum absolute atomic E-state index is 0.0737. The summed E-state index contributed by atoms with van der Waals surface area (Å²) < 4.78 is 0. The van der Waals surface area contributed by atoms with E-state index in [1.54, 1.807) is 4.90 Å². The molecule has 0 saturated carbocycles. The second kappa shape index (κ2) is 8.80. The summed E-state index contributed by atoms with van der Waals surface area (Å²) in [5, 5.41) is 9.13. The SMILES string of the molecule is CC(=O)N1CCc2ccccc2C1CC(=O)N(CCN(C)C)CC(=O)O.